The number of carbonyl (C=O) groups is 2. The van der Waals surface area contributed by atoms with Gasteiger partial charge in [0.1, 0.15) is 5.75 Å². The van der Waals surface area contributed by atoms with Gasteiger partial charge in [0.05, 0.1) is 32.3 Å². The topological polar surface area (TPSA) is 109 Å². The lowest BCUT2D eigenvalue weighted by Gasteiger charge is -2.27. The van der Waals surface area contributed by atoms with Crippen molar-refractivity contribution in [3.8, 4) is 5.75 Å². The van der Waals surface area contributed by atoms with Crippen LogP contribution in [0.15, 0.2) is 29.3 Å². The van der Waals surface area contributed by atoms with Crippen LogP contribution in [0.2, 0.25) is 0 Å². The molecule has 0 radical (unpaired) electrons. The lowest BCUT2D eigenvalue weighted by molar-refractivity contribution is -0.124. The molecule has 2 aliphatic rings. The molecule has 0 aliphatic carbocycles. The molecule has 8 nitrogen and oxygen atoms in total. The maximum Gasteiger partial charge on any atom is 0.324 e. The van der Waals surface area contributed by atoms with Crippen LogP contribution in [0.4, 0.5) is 4.79 Å². The highest BCUT2D eigenvalue weighted by atomic mass is 16.5. The number of rotatable bonds is 4. The smallest absolute Gasteiger partial charge is 0.324 e. The van der Waals surface area contributed by atoms with E-state index in [0.717, 1.165) is 22.6 Å². The first kappa shape index (κ1) is 15.1. The van der Waals surface area contributed by atoms with Gasteiger partial charge in [-0.1, -0.05) is 18.2 Å². The van der Waals surface area contributed by atoms with Crippen LogP contribution in [0.1, 0.15) is 18.0 Å². The Hall–Kier alpha value is -2.77. The molecule has 4 N–H and O–H groups in total. The lowest BCUT2D eigenvalue weighted by Crippen LogP contribution is -2.38. The van der Waals surface area contributed by atoms with Crippen molar-refractivity contribution in [3.05, 3.63) is 29.8 Å². The number of amides is 3. The molecule has 1 aromatic rings. The van der Waals surface area contributed by atoms with Crippen molar-refractivity contribution >= 4 is 17.9 Å². The SMILES string of the molecule is NC(=NCCN1C(=O)CNC1=O)NC1CCOc2ccccc21. The fourth-order valence-corrected chi connectivity index (χ4v) is 2.67. The van der Waals surface area contributed by atoms with Crippen molar-refractivity contribution in [1.82, 2.24) is 15.5 Å². The Morgan fingerprint density at radius 1 is 1.43 bits per heavy atom. The molecule has 1 unspecified atom stereocenters. The number of nitrogens with one attached hydrogen (secondary N) is 2. The maximum absolute atomic E-state index is 11.4. The molecule has 3 rings (SSSR count). The first-order chi connectivity index (χ1) is 11.1. The fourth-order valence-electron chi connectivity index (χ4n) is 2.67. The van der Waals surface area contributed by atoms with Gasteiger partial charge in [0.2, 0.25) is 5.91 Å². The number of urea groups is 1. The molecule has 0 bridgehead atoms. The maximum atomic E-state index is 11.4. The highest BCUT2D eigenvalue weighted by molar-refractivity contribution is 6.01. The van der Waals surface area contributed by atoms with Gasteiger partial charge in [-0.25, -0.2) is 4.79 Å². The monoisotopic (exact) mass is 317 g/mol. The van der Waals surface area contributed by atoms with Gasteiger partial charge in [0.25, 0.3) is 0 Å². The summed E-state index contributed by atoms with van der Waals surface area (Å²) in [6.45, 7) is 1.15. The van der Waals surface area contributed by atoms with Crippen molar-refractivity contribution in [3.63, 3.8) is 0 Å². The van der Waals surface area contributed by atoms with Crippen molar-refractivity contribution in [2.24, 2.45) is 10.7 Å². The van der Waals surface area contributed by atoms with Gasteiger partial charge in [0.15, 0.2) is 5.96 Å². The molecule has 2 heterocycles. The van der Waals surface area contributed by atoms with E-state index in [1.54, 1.807) is 0 Å². The third kappa shape index (κ3) is 3.36. The second kappa shape index (κ2) is 6.55. The summed E-state index contributed by atoms with van der Waals surface area (Å²) in [5, 5.41) is 5.63. The molecule has 1 saturated heterocycles. The Morgan fingerprint density at radius 2 is 2.26 bits per heavy atom. The van der Waals surface area contributed by atoms with Crippen LogP contribution < -0.4 is 21.1 Å². The van der Waals surface area contributed by atoms with E-state index in [9.17, 15) is 9.59 Å². The molecule has 2 aliphatic heterocycles. The van der Waals surface area contributed by atoms with E-state index in [1.165, 1.54) is 0 Å². The number of aliphatic imine (C=N–C) groups is 1. The molecule has 3 amide bonds. The summed E-state index contributed by atoms with van der Waals surface area (Å²) < 4.78 is 5.60. The van der Waals surface area contributed by atoms with Crippen molar-refractivity contribution in [1.29, 1.82) is 0 Å². The molecule has 0 aromatic heterocycles. The van der Waals surface area contributed by atoms with Crippen molar-refractivity contribution in [2.75, 3.05) is 26.2 Å². The van der Waals surface area contributed by atoms with Crippen molar-refractivity contribution in [2.45, 2.75) is 12.5 Å². The Morgan fingerprint density at radius 3 is 3.04 bits per heavy atom. The summed E-state index contributed by atoms with van der Waals surface area (Å²) in [5.41, 5.74) is 6.96. The molecule has 23 heavy (non-hydrogen) atoms. The Bertz CT molecular complexity index is 630. The summed E-state index contributed by atoms with van der Waals surface area (Å²) in [4.78, 5) is 28.2. The van der Waals surface area contributed by atoms with Gasteiger partial charge in [-0.05, 0) is 6.07 Å². The van der Waals surface area contributed by atoms with Gasteiger partial charge in [-0.2, -0.15) is 0 Å². The predicted molar refractivity (Wildman–Crippen MR) is 84.0 cm³/mol. The molecule has 1 fully saturated rings. The Balaban J connectivity index is 1.56. The van der Waals surface area contributed by atoms with Crippen LogP contribution in [0.25, 0.3) is 0 Å². The standard InChI is InChI=1S/C15H19N5O3/c16-14(17-6-7-20-13(21)9-18-15(20)22)19-11-5-8-23-12-4-2-1-3-10(11)12/h1-4,11H,5-9H2,(H,18,22)(H3,16,17,19). The van der Waals surface area contributed by atoms with E-state index in [-0.39, 0.29) is 37.6 Å². The number of fused-ring (bicyclic) bond motifs is 1. The third-order valence-electron chi connectivity index (χ3n) is 3.82. The average molecular weight is 317 g/mol. The fraction of sp³-hybridized carbons (Fsp3) is 0.400. The number of carbonyl (C=O) groups excluding carboxylic acids is 2. The van der Waals surface area contributed by atoms with Crippen molar-refractivity contribution < 1.29 is 14.3 Å². The normalized spacial score (nSPS) is 20.8. The minimum atomic E-state index is -0.380. The van der Waals surface area contributed by atoms with Crippen LogP contribution in [0.3, 0.4) is 0 Å². The molecular formula is C15H19N5O3. The number of hydrogen-bond acceptors (Lipinski definition) is 4. The second-order valence-electron chi connectivity index (χ2n) is 5.34. The molecule has 0 spiro atoms. The number of para-hydroxylation sites is 1. The molecular weight excluding hydrogens is 298 g/mol. The Labute approximate surface area is 133 Å². The van der Waals surface area contributed by atoms with Crippen LogP contribution in [-0.4, -0.2) is 49.0 Å². The molecule has 1 aromatic carbocycles. The van der Waals surface area contributed by atoms with Crippen LogP contribution in [0, 0.1) is 0 Å². The van der Waals surface area contributed by atoms with E-state index in [2.05, 4.69) is 15.6 Å². The summed E-state index contributed by atoms with van der Waals surface area (Å²) in [6, 6.07) is 7.46. The zero-order valence-corrected chi connectivity index (χ0v) is 12.6. The Kier molecular flexibility index (Phi) is 4.31. The van der Waals surface area contributed by atoms with Gasteiger partial charge in [0, 0.05) is 12.0 Å². The number of nitrogens with two attached hydrogens (primary N) is 1. The van der Waals surface area contributed by atoms with E-state index in [0.29, 0.717) is 12.6 Å². The van der Waals surface area contributed by atoms with Gasteiger partial charge < -0.3 is 21.1 Å². The summed E-state index contributed by atoms with van der Waals surface area (Å²) >= 11 is 0. The van der Waals surface area contributed by atoms with E-state index in [1.807, 2.05) is 24.3 Å². The van der Waals surface area contributed by atoms with Gasteiger partial charge in [-0.15, -0.1) is 0 Å². The number of imide groups is 1. The molecule has 1 atom stereocenters. The molecule has 0 saturated carbocycles. The van der Waals surface area contributed by atoms with E-state index in [4.69, 9.17) is 10.5 Å². The first-order valence-corrected chi connectivity index (χ1v) is 7.51. The summed E-state index contributed by atoms with van der Waals surface area (Å²) in [6.07, 6.45) is 0.792. The zero-order chi connectivity index (χ0) is 16.2. The van der Waals surface area contributed by atoms with E-state index >= 15 is 0 Å². The quantitative estimate of drug-likeness (QED) is 0.410. The predicted octanol–water partition coefficient (Wildman–Crippen LogP) is -0.0337. The first-order valence-electron chi connectivity index (χ1n) is 7.51. The lowest BCUT2D eigenvalue weighted by atomic mass is 10.0. The second-order valence-corrected chi connectivity index (χ2v) is 5.34. The average Bonchev–Trinajstić information content (AvgIpc) is 2.87. The number of ether oxygens (including phenoxy) is 1. The van der Waals surface area contributed by atoms with Gasteiger partial charge >= 0.3 is 6.03 Å². The number of nitrogens with zero attached hydrogens (tertiary/aromatic N) is 2. The van der Waals surface area contributed by atoms with Gasteiger partial charge in [-0.3, -0.25) is 14.7 Å². The minimum absolute atomic E-state index is 0.0421. The van der Waals surface area contributed by atoms with Crippen LogP contribution in [-0.2, 0) is 4.79 Å². The third-order valence-corrected chi connectivity index (χ3v) is 3.82. The van der Waals surface area contributed by atoms with Crippen LogP contribution in [0.5, 0.6) is 5.75 Å². The minimum Gasteiger partial charge on any atom is -0.493 e. The number of benzene rings is 1. The summed E-state index contributed by atoms with van der Waals surface area (Å²) in [7, 11) is 0. The number of hydrogen-bond donors (Lipinski definition) is 3. The highest BCUT2D eigenvalue weighted by Gasteiger charge is 2.27. The summed E-state index contributed by atoms with van der Waals surface area (Å²) in [5.74, 6) is 0.900. The van der Waals surface area contributed by atoms with Crippen LogP contribution >= 0.6 is 0 Å². The molecule has 8 heteroatoms. The molecule has 122 valence electrons. The largest absolute Gasteiger partial charge is 0.493 e. The number of guanidine groups is 1. The van der Waals surface area contributed by atoms with E-state index < -0.39 is 0 Å². The zero-order valence-electron chi connectivity index (χ0n) is 12.6. The highest BCUT2D eigenvalue weighted by Crippen LogP contribution is 2.31.